The maximum Gasteiger partial charge on any atom is 0.425 e. The molecule has 0 radical (unpaired) electrons. The Labute approximate surface area is 146 Å². The van der Waals surface area contributed by atoms with Crippen molar-refractivity contribution in [2.24, 2.45) is 5.92 Å². The van der Waals surface area contributed by atoms with Crippen LogP contribution in [0.2, 0.25) is 0 Å². The zero-order valence-corrected chi connectivity index (χ0v) is 14.8. The van der Waals surface area contributed by atoms with Crippen LogP contribution >= 0.6 is 0 Å². The molecule has 9 heteroatoms. The number of ether oxygens (including phenoxy) is 2. The Morgan fingerprint density at radius 2 is 2.04 bits per heavy atom. The molecule has 25 heavy (non-hydrogen) atoms. The second-order valence-electron chi connectivity index (χ2n) is 6.68. The highest BCUT2D eigenvalue weighted by Gasteiger charge is 2.50. The lowest BCUT2D eigenvalue weighted by Crippen LogP contribution is -2.57. The van der Waals surface area contributed by atoms with Crippen molar-refractivity contribution >= 4 is 18.0 Å². The predicted octanol–water partition coefficient (Wildman–Crippen LogP) is 0.526. The minimum atomic E-state index is -1.10. The monoisotopic (exact) mass is 355 g/mol. The van der Waals surface area contributed by atoms with Gasteiger partial charge in [-0.1, -0.05) is 20.4 Å². The molecule has 2 fully saturated rings. The summed E-state index contributed by atoms with van der Waals surface area (Å²) in [6.07, 6.45) is 1.08. The fourth-order valence-corrected chi connectivity index (χ4v) is 3.35. The summed E-state index contributed by atoms with van der Waals surface area (Å²) < 4.78 is 10.6. The largest absolute Gasteiger partial charge is 0.480 e. The van der Waals surface area contributed by atoms with Gasteiger partial charge in [0.05, 0.1) is 13.7 Å². The zero-order chi connectivity index (χ0) is 18.8. The molecule has 0 aromatic heterocycles. The molecule has 2 aliphatic heterocycles. The van der Waals surface area contributed by atoms with Gasteiger partial charge in [0, 0.05) is 13.1 Å². The number of hydrogen-bond acceptors (Lipinski definition) is 6. The van der Waals surface area contributed by atoms with E-state index in [9.17, 15) is 19.5 Å². The van der Waals surface area contributed by atoms with Crippen molar-refractivity contribution in [1.29, 1.82) is 0 Å². The van der Waals surface area contributed by atoms with E-state index in [1.54, 1.807) is 18.9 Å². The van der Waals surface area contributed by atoms with Gasteiger partial charge in [0.2, 0.25) is 5.91 Å². The Kier molecular flexibility index (Phi) is 5.69. The van der Waals surface area contributed by atoms with Crippen LogP contribution in [0.4, 0.5) is 4.79 Å². The van der Waals surface area contributed by atoms with Crippen LogP contribution in [0.3, 0.4) is 0 Å². The Balaban J connectivity index is 2.18. The van der Waals surface area contributed by atoms with Gasteiger partial charge < -0.3 is 19.5 Å². The zero-order valence-electron chi connectivity index (χ0n) is 14.8. The number of carbonyl (C=O) groups excluding carboxylic acids is 2. The van der Waals surface area contributed by atoms with Gasteiger partial charge in [-0.25, -0.2) is 19.6 Å². The molecule has 0 aromatic carbocycles. The molecule has 2 amide bonds. The van der Waals surface area contributed by atoms with Gasteiger partial charge in [-0.3, -0.25) is 4.79 Å². The lowest BCUT2D eigenvalue weighted by atomic mass is 10.0. The summed E-state index contributed by atoms with van der Waals surface area (Å²) in [5, 5.41) is 12.4. The first-order valence-corrected chi connectivity index (χ1v) is 8.15. The van der Waals surface area contributed by atoms with Crippen LogP contribution in [-0.2, 0) is 19.1 Å². The number of methoxy groups -OCH3 is 1. The van der Waals surface area contributed by atoms with Crippen molar-refractivity contribution in [2.45, 2.75) is 31.9 Å². The number of carboxylic acids is 1. The van der Waals surface area contributed by atoms with Gasteiger partial charge >= 0.3 is 12.1 Å². The van der Waals surface area contributed by atoms with Crippen LogP contribution in [0, 0.1) is 5.92 Å². The Morgan fingerprint density at radius 3 is 2.56 bits per heavy atom. The number of carbonyl (C=O) groups is 3. The molecule has 0 aromatic rings. The molecule has 0 aliphatic carbocycles. The van der Waals surface area contributed by atoms with E-state index in [-0.39, 0.29) is 18.6 Å². The number of hydrazine groups is 1. The van der Waals surface area contributed by atoms with E-state index >= 15 is 0 Å². The van der Waals surface area contributed by atoms with E-state index in [0.717, 1.165) is 5.01 Å². The molecule has 2 rings (SSSR count). The van der Waals surface area contributed by atoms with Crippen LogP contribution in [0.1, 0.15) is 20.3 Å². The number of aliphatic carboxylic acids is 1. The molecule has 9 nitrogen and oxygen atoms in total. The summed E-state index contributed by atoms with van der Waals surface area (Å²) in [4.78, 5) is 37.2. The molecule has 2 aliphatic rings. The number of rotatable bonds is 5. The van der Waals surface area contributed by atoms with E-state index < -0.39 is 23.7 Å². The third-order valence-electron chi connectivity index (χ3n) is 4.60. The predicted molar refractivity (Wildman–Crippen MR) is 87.3 cm³/mol. The fourth-order valence-electron chi connectivity index (χ4n) is 3.35. The van der Waals surface area contributed by atoms with E-state index in [0.29, 0.717) is 26.1 Å². The molecule has 2 heterocycles. The Morgan fingerprint density at radius 1 is 1.36 bits per heavy atom. The van der Waals surface area contributed by atoms with Crippen LogP contribution in [0.25, 0.3) is 0 Å². The highest BCUT2D eigenvalue weighted by atomic mass is 16.6. The quantitative estimate of drug-likeness (QED) is 0.718. The fraction of sp³-hybridized carbons (Fsp3) is 0.688. The summed E-state index contributed by atoms with van der Waals surface area (Å²) in [6, 6.07) is -1.05. The first-order chi connectivity index (χ1) is 11.7. The van der Waals surface area contributed by atoms with E-state index in [1.165, 1.54) is 18.1 Å². The molecule has 1 spiro atoms. The number of carboxylic acid groups (broad SMARTS) is 1. The molecule has 140 valence electrons. The van der Waals surface area contributed by atoms with Crippen LogP contribution in [0.15, 0.2) is 12.7 Å². The first kappa shape index (κ1) is 19.2. The normalized spacial score (nSPS) is 24.6. The highest BCUT2D eigenvalue weighted by molar-refractivity contribution is 5.87. The number of hydrogen-bond donors (Lipinski definition) is 1. The summed E-state index contributed by atoms with van der Waals surface area (Å²) >= 11 is 0. The number of amides is 2. The van der Waals surface area contributed by atoms with Crippen molar-refractivity contribution in [3.8, 4) is 0 Å². The minimum absolute atomic E-state index is 0.156. The average molecular weight is 355 g/mol. The van der Waals surface area contributed by atoms with Gasteiger partial charge in [-0.05, 0) is 18.4 Å². The second-order valence-corrected chi connectivity index (χ2v) is 6.68. The Hall–Kier alpha value is -2.13. The maximum absolute atomic E-state index is 12.3. The summed E-state index contributed by atoms with van der Waals surface area (Å²) in [7, 11) is 1.22. The van der Waals surface area contributed by atoms with Gasteiger partial charge in [-0.2, -0.15) is 0 Å². The molecular weight excluding hydrogens is 330 g/mol. The summed E-state index contributed by atoms with van der Waals surface area (Å²) in [5.41, 5.74) is -0.620. The topological polar surface area (TPSA) is 99.6 Å². The SMILES string of the molecule is C=CC(=O)N1CO[C@]2(CCN(N(C(=O)OC)[C@H](C(=O)O)C(C)C)C2)C1. The molecule has 2 saturated heterocycles. The van der Waals surface area contributed by atoms with Crippen molar-refractivity contribution < 1.29 is 29.0 Å². The maximum atomic E-state index is 12.3. The lowest BCUT2D eigenvalue weighted by Gasteiger charge is -2.37. The third kappa shape index (κ3) is 3.77. The van der Waals surface area contributed by atoms with Gasteiger partial charge in [-0.15, -0.1) is 0 Å². The minimum Gasteiger partial charge on any atom is -0.480 e. The highest BCUT2D eigenvalue weighted by Crippen LogP contribution is 2.33. The van der Waals surface area contributed by atoms with E-state index in [1.807, 2.05) is 0 Å². The molecule has 0 unspecified atom stereocenters. The second kappa shape index (κ2) is 7.40. The number of nitrogens with zero attached hydrogens (tertiary/aromatic N) is 3. The van der Waals surface area contributed by atoms with E-state index in [2.05, 4.69) is 6.58 Å². The molecule has 2 atom stereocenters. The lowest BCUT2D eigenvalue weighted by molar-refractivity contribution is -0.153. The molecule has 1 N–H and O–H groups in total. The Bertz CT molecular complexity index is 566. The molecular formula is C16H25N3O6. The van der Waals surface area contributed by atoms with Crippen LogP contribution in [-0.4, -0.2) is 83.1 Å². The van der Waals surface area contributed by atoms with Crippen molar-refractivity contribution in [3.63, 3.8) is 0 Å². The van der Waals surface area contributed by atoms with Gasteiger partial charge in [0.25, 0.3) is 0 Å². The smallest absolute Gasteiger partial charge is 0.425 e. The summed E-state index contributed by atoms with van der Waals surface area (Å²) in [6.45, 7) is 8.21. The third-order valence-corrected chi connectivity index (χ3v) is 4.60. The van der Waals surface area contributed by atoms with Gasteiger partial charge in [0.15, 0.2) is 6.04 Å². The van der Waals surface area contributed by atoms with Crippen LogP contribution in [0.5, 0.6) is 0 Å². The van der Waals surface area contributed by atoms with Crippen molar-refractivity contribution in [3.05, 3.63) is 12.7 Å². The van der Waals surface area contributed by atoms with Crippen molar-refractivity contribution in [2.75, 3.05) is 33.5 Å². The average Bonchev–Trinajstić information content (AvgIpc) is 3.17. The van der Waals surface area contributed by atoms with Crippen molar-refractivity contribution in [1.82, 2.24) is 14.9 Å². The van der Waals surface area contributed by atoms with Gasteiger partial charge in [0.1, 0.15) is 12.3 Å². The van der Waals surface area contributed by atoms with E-state index in [4.69, 9.17) is 9.47 Å². The first-order valence-electron chi connectivity index (χ1n) is 8.15. The van der Waals surface area contributed by atoms with Crippen LogP contribution < -0.4 is 0 Å². The summed E-state index contributed by atoms with van der Waals surface area (Å²) in [5.74, 6) is -1.63. The standard InChI is InChI=1S/C16H25N3O6/c1-5-12(20)17-8-16(25-10-17)6-7-18(9-16)19(15(23)24-4)13(11(2)3)14(21)22/h5,11,13H,1,6-10H2,2-4H3,(H,21,22)/t13-,16+/m0/s1. The molecule has 0 bridgehead atoms. The molecule has 0 saturated carbocycles.